The molecule has 31 heavy (non-hydrogen) atoms. The standard InChI is InChI=1S/C19H15N5O6S/c1-2-29-19(26)17-15(30-11-16(25)21-18-12(9-20)7-8-31-18)10-23(22-17)13-3-5-14(6-4-13)24(27)28/h3-8,10H,2,11H2,1H3,(H,21,25). The van der Waals surface area contributed by atoms with Gasteiger partial charge in [-0.3, -0.25) is 14.9 Å². The van der Waals surface area contributed by atoms with Crippen molar-refractivity contribution in [2.45, 2.75) is 6.92 Å². The van der Waals surface area contributed by atoms with Gasteiger partial charge < -0.3 is 14.8 Å². The van der Waals surface area contributed by atoms with Gasteiger partial charge in [-0.15, -0.1) is 11.3 Å². The van der Waals surface area contributed by atoms with Crippen molar-refractivity contribution < 1.29 is 24.0 Å². The van der Waals surface area contributed by atoms with E-state index in [9.17, 15) is 19.7 Å². The van der Waals surface area contributed by atoms with Crippen LogP contribution < -0.4 is 10.1 Å². The smallest absolute Gasteiger partial charge is 0.362 e. The van der Waals surface area contributed by atoms with E-state index < -0.39 is 23.4 Å². The zero-order valence-corrected chi connectivity index (χ0v) is 16.9. The first-order valence-electron chi connectivity index (χ1n) is 8.84. The van der Waals surface area contributed by atoms with Crippen molar-refractivity contribution in [1.29, 1.82) is 5.26 Å². The number of carbonyl (C=O) groups is 2. The third-order valence-electron chi connectivity index (χ3n) is 3.87. The Morgan fingerprint density at radius 3 is 2.71 bits per heavy atom. The number of rotatable bonds is 8. The summed E-state index contributed by atoms with van der Waals surface area (Å²) in [4.78, 5) is 34.7. The van der Waals surface area contributed by atoms with E-state index in [1.165, 1.54) is 46.5 Å². The predicted octanol–water partition coefficient (Wildman–Crippen LogP) is 2.91. The van der Waals surface area contributed by atoms with Crippen molar-refractivity contribution in [3.05, 3.63) is 63.3 Å². The maximum absolute atomic E-state index is 12.2. The van der Waals surface area contributed by atoms with Crippen LogP contribution in [0, 0.1) is 21.4 Å². The van der Waals surface area contributed by atoms with Crippen LogP contribution in [-0.2, 0) is 9.53 Å². The number of nitrogens with zero attached hydrogens (tertiary/aromatic N) is 4. The zero-order valence-electron chi connectivity index (χ0n) is 16.1. The minimum atomic E-state index is -0.747. The van der Waals surface area contributed by atoms with Crippen molar-refractivity contribution in [2.24, 2.45) is 0 Å². The first-order chi connectivity index (χ1) is 14.9. The molecular formula is C19H15N5O6S. The van der Waals surface area contributed by atoms with Crippen LogP contribution in [0.15, 0.2) is 41.9 Å². The number of carbonyl (C=O) groups excluding carboxylic acids is 2. The first-order valence-corrected chi connectivity index (χ1v) is 9.72. The molecule has 0 aliphatic heterocycles. The van der Waals surface area contributed by atoms with Gasteiger partial charge in [-0.1, -0.05) is 0 Å². The normalized spacial score (nSPS) is 10.2. The van der Waals surface area contributed by atoms with Crippen molar-refractivity contribution >= 4 is 33.9 Å². The molecule has 0 saturated carbocycles. The second-order valence-corrected chi connectivity index (χ2v) is 6.81. The lowest BCUT2D eigenvalue weighted by Crippen LogP contribution is -2.20. The minimum absolute atomic E-state index is 0.00126. The lowest BCUT2D eigenvalue weighted by molar-refractivity contribution is -0.384. The molecule has 3 aromatic rings. The summed E-state index contributed by atoms with van der Waals surface area (Å²) in [6.07, 6.45) is 1.37. The number of hydrogen-bond acceptors (Lipinski definition) is 9. The topological polar surface area (TPSA) is 149 Å². The summed E-state index contributed by atoms with van der Waals surface area (Å²) < 4.78 is 11.7. The molecule has 2 aromatic heterocycles. The molecule has 1 amide bonds. The van der Waals surface area contributed by atoms with Gasteiger partial charge in [-0.2, -0.15) is 10.4 Å². The molecule has 11 nitrogen and oxygen atoms in total. The third-order valence-corrected chi connectivity index (χ3v) is 4.70. The van der Waals surface area contributed by atoms with Gasteiger partial charge in [0.15, 0.2) is 12.4 Å². The highest BCUT2D eigenvalue weighted by Gasteiger charge is 2.21. The van der Waals surface area contributed by atoms with Crippen LogP contribution >= 0.6 is 11.3 Å². The fraction of sp³-hybridized carbons (Fsp3) is 0.158. The molecule has 0 unspecified atom stereocenters. The highest BCUT2D eigenvalue weighted by atomic mass is 32.1. The molecule has 0 atom stereocenters. The average Bonchev–Trinajstić information content (AvgIpc) is 3.39. The van der Waals surface area contributed by atoms with Crippen LogP contribution in [0.2, 0.25) is 0 Å². The van der Waals surface area contributed by atoms with Gasteiger partial charge in [0.1, 0.15) is 11.1 Å². The number of hydrogen-bond donors (Lipinski definition) is 1. The van der Waals surface area contributed by atoms with Gasteiger partial charge in [-0.05, 0) is 30.5 Å². The van der Waals surface area contributed by atoms with Crippen LogP contribution in [0.5, 0.6) is 5.75 Å². The summed E-state index contributed by atoms with van der Waals surface area (Å²) >= 11 is 1.19. The Kier molecular flexibility index (Phi) is 6.58. The fourth-order valence-corrected chi connectivity index (χ4v) is 3.22. The van der Waals surface area contributed by atoms with Crippen LogP contribution in [0.25, 0.3) is 5.69 Å². The van der Waals surface area contributed by atoms with Crippen molar-refractivity contribution in [3.8, 4) is 17.5 Å². The van der Waals surface area contributed by atoms with E-state index in [-0.39, 0.29) is 23.7 Å². The fourth-order valence-electron chi connectivity index (χ4n) is 2.46. The van der Waals surface area contributed by atoms with Gasteiger partial charge in [0.05, 0.1) is 29.0 Å². The van der Waals surface area contributed by atoms with Gasteiger partial charge in [0, 0.05) is 12.1 Å². The maximum Gasteiger partial charge on any atom is 0.362 e. The average molecular weight is 441 g/mol. The number of thiophene rings is 1. The molecule has 158 valence electrons. The van der Waals surface area contributed by atoms with Crippen LogP contribution in [-0.4, -0.2) is 39.8 Å². The highest BCUT2D eigenvalue weighted by Crippen LogP contribution is 2.24. The molecule has 0 aliphatic rings. The molecule has 1 N–H and O–H groups in total. The number of nitro groups is 1. The quantitative estimate of drug-likeness (QED) is 0.318. The minimum Gasteiger partial charge on any atom is -0.480 e. The zero-order chi connectivity index (χ0) is 22.4. The number of anilines is 1. The molecule has 0 aliphatic carbocycles. The molecule has 2 heterocycles. The Morgan fingerprint density at radius 2 is 2.06 bits per heavy atom. The lowest BCUT2D eigenvalue weighted by atomic mass is 10.3. The molecule has 0 radical (unpaired) electrons. The van der Waals surface area contributed by atoms with Gasteiger partial charge >= 0.3 is 5.97 Å². The number of nitriles is 1. The van der Waals surface area contributed by atoms with Crippen LogP contribution in [0.4, 0.5) is 10.7 Å². The summed E-state index contributed by atoms with van der Waals surface area (Å²) in [7, 11) is 0. The van der Waals surface area contributed by atoms with Crippen molar-refractivity contribution in [3.63, 3.8) is 0 Å². The Bertz CT molecular complexity index is 1160. The number of nitro benzene ring substituents is 1. The van der Waals surface area contributed by atoms with Crippen LogP contribution in [0.3, 0.4) is 0 Å². The second kappa shape index (κ2) is 9.51. The molecule has 0 bridgehead atoms. The Labute approximate surface area is 179 Å². The van der Waals surface area contributed by atoms with Gasteiger partial charge in [0.2, 0.25) is 5.69 Å². The van der Waals surface area contributed by atoms with Gasteiger partial charge in [-0.25, -0.2) is 9.48 Å². The van der Waals surface area contributed by atoms with Crippen molar-refractivity contribution in [2.75, 3.05) is 18.5 Å². The Balaban J connectivity index is 1.79. The van der Waals surface area contributed by atoms with E-state index in [4.69, 9.17) is 14.7 Å². The van der Waals surface area contributed by atoms with E-state index in [1.807, 2.05) is 6.07 Å². The molecule has 0 fully saturated rings. The number of aromatic nitrogens is 2. The monoisotopic (exact) mass is 441 g/mol. The highest BCUT2D eigenvalue weighted by molar-refractivity contribution is 7.14. The Hall–Kier alpha value is -4.24. The number of esters is 1. The summed E-state index contributed by atoms with van der Waals surface area (Å²) in [5, 5.41) is 28.6. The SMILES string of the molecule is CCOC(=O)c1nn(-c2ccc([N+](=O)[O-])cc2)cc1OCC(=O)Nc1sccc1C#N. The summed E-state index contributed by atoms with van der Waals surface area (Å²) in [6, 6.07) is 9.04. The van der Waals surface area contributed by atoms with Crippen LogP contribution in [0.1, 0.15) is 23.0 Å². The molecule has 0 spiro atoms. The van der Waals surface area contributed by atoms with E-state index >= 15 is 0 Å². The van der Waals surface area contributed by atoms with E-state index in [0.29, 0.717) is 16.3 Å². The number of ether oxygens (including phenoxy) is 2. The molecule has 3 rings (SSSR count). The second-order valence-electron chi connectivity index (χ2n) is 5.89. The predicted molar refractivity (Wildman–Crippen MR) is 109 cm³/mol. The number of nitrogens with one attached hydrogen (secondary N) is 1. The summed E-state index contributed by atoms with van der Waals surface area (Å²) in [6.45, 7) is 1.30. The van der Waals surface area contributed by atoms with E-state index in [0.717, 1.165) is 0 Å². The molecule has 0 saturated heterocycles. The number of non-ortho nitro benzene ring substituents is 1. The molecule has 12 heteroatoms. The van der Waals surface area contributed by atoms with E-state index in [1.54, 1.807) is 18.4 Å². The van der Waals surface area contributed by atoms with Crippen molar-refractivity contribution in [1.82, 2.24) is 9.78 Å². The maximum atomic E-state index is 12.2. The van der Waals surface area contributed by atoms with E-state index in [2.05, 4.69) is 10.4 Å². The largest absolute Gasteiger partial charge is 0.480 e. The summed E-state index contributed by atoms with van der Waals surface area (Å²) in [5.41, 5.74) is 0.520. The molecular weight excluding hydrogens is 426 g/mol. The number of amides is 1. The summed E-state index contributed by atoms with van der Waals surface area (Å²) in [5.74, 6) is -1.28. The number of benzene rings is 1. The molecule has 1 aromatic carbocycles. The van der Waals surface area contributed by atoms with Gasteiger partial charge in [0.25, 0.3) is 11.6 Å². The third kappa shape index (κ3) is 5.03. The Morgan fingerprint density at radius 1 is 1.32 bits per heavy atom. The first kappa shape index (κ1) is 21.5. The lowest BCUT2D eigenvalue weighted by Gasteiger charge is -2.06.